The Morgan fingerprint density at radius 3 is 2.89 bits per heavy atom. The van der Waals surface area contributed by atoms with Crippen LogP contribution in [0.15, 0.2) is 48.6 Å². The summed E-state index contributed by atoms with van der Waals surface area (Å²) in [4.78, 5) is 16.1. The average Bonchev–Trinajstić information content (AvgIpc) is 2.43. The van der Waals surface area contributed by atoms with Gasteiger partial charge in [0.2, 0.25) is 0 Å². The molecule has 1 aromatic heterocycles. The van der Waals surface area contributed by atoms with E-state index in [0.29, 0.717) is 18.8 Å². The number of aromatic nitrogens is 1. The number of nitrogens with one attached hydrogen (secondary N) is 1. The summed E-state index contributed by atoms with van der Waals surface area (Å²) in [7, 11) is 0. The van der Waals surface area contributed by atoms with Crippen LogP contribution >= 0.6 is 0 Å². The van der Waals surface area contributed by atoms with Gasteiger partial charge in [-0.2, -0.15) is 0 Å². The minimum absolute atomic E-state index is 0.178. The van der Waals surface area contributed by atoms with Crippen LogP contribution in [-0.4, -0.2) is 24.0 Å². The lowest BCUT2D eigenvalue weighted by Crippen LogP contribution is -2.24. The first-order valence-electron chi connectivity index (χ1n) is 5.80. The summed E-state index contributed by atoms with van der Waals surface area (Å²) < 4.78 is 0. The maximum Gasteiger partial charge on any atom is 0.270 e. The third-order valence-electron chi connectivity index (χ3n) is 2.51. The third-order valence-corrected chi connectivity index (χ3v) is 2.51. The third kappa shape index (κ3) is 2.93. The molecule has 0 spiro atoms. The SMILES string of the molecule is NC/C=C/CNC(=O)c1ccc2ccccc2n1. The van der Waals surface area contributed by atoms with E-state index in [2.05, 4.69) is 10.3 Å². The number of nitrogens with zero attached hydrogens (tertiary/aromatic N) is 1. The lowest BCUT2D eigenvalue weighted by Gasteiger charge is -2.03. The first-order valence-corrected chi connectivity index (χ1v) is 5.80. The van der Waals surface area contributed by atoms with Crippen molar-refractivity contribution in [1.29, 1.82) is 0 Å². The van der Waals surface area contributed by atoms with Crippen molar-refractivity contribution in [2.75, 3.05) is 13.1 Å². The van der Waals surface area contributed by atoms with Crippen molar-refractivity contribution in [1.82, 2.24) is 10.3 Å². The summed E-state index contributed by atoms with van der Waals surface area (Å²) in [5.74, 6) is -0.178. The van der Waals surface area contributed by atoms with Crippen molar-refractivity contribution in [2.24, 2.45) is 5.73 Å². The molecule has 0 atom stereocenters. The predicted octanol–water partition coefficient (Wildman–Crippen LogP) is 1.48. The Bertz CT molecular complexity index is 578. The maximum atomic E-state index is 11.8. The van der Waals surface area contributed by atoms with Gasteiger partial charge in [-0.25, -0.2) is 4.98 Å². The predicted molar refractivity (Wildman–Crippen MR) is 72.3 cm³/mol. The summed E-state index contributed by atoms with van der Waals surface area (Å²) in [5, 5.41) is 3.78. The number of benzene rings is 1. The van der Waals surface area contributed by atoms with Crippen LogP contribution in [0.5, 0.6) is 0 Å². The second kappa shape index (κ2) is 5.93. The van der Waals surface area contributed by atoms with E-state index < -0.39 is 0 Å². The highest BCUT2D eigenvalue weighted by Crippen LogP contribution is 2.11. The number of amides is 1. The molecule has 0 aliphatic heterocycles. The van der Waals surface area contributed by atoms with Crippen LogP contribution in [0, 0.1) is 0 Å². The number of fused-ring (bicyclic) bond motifs is 1. The summed E-state index contributed by atoms with van der Waals surface area (Å²) >= 11 is 0. The van der Waals surface area contributed by atoms with Crippen molar-refractivity contribution < 1.29 is 4.79 Å². The van der Waals surface area contributed by atoms with Gasteiger partial charge < -0.3 is 11.1 Å². The van der Waals surface area contributed by atoms with Gasteiger partial charge in [-0.15, -0.1) is 0 Å². The van der Waals surface area contributed by atoms with E-state index in [-0.39, 0.29) is 5.91 Å². The standard InChI is InChI=1S/C14H15N3O/c15-9-3-4-10-16-14(18)13-8-7-11-5-1-2-6-12(11)17-13/h1-8H,9-10,15H2,(H,16,18)/b4-3+. The highest BCUT2D eigenvalue weighted by Gasteiger charge is 2.06. The Labute approximate surface area is 106 Å². The normalized spacial score (nSPS) is 10.9. The zero-order chi connectivity index (χ0) is 12.8. The van der Waals surface area contributed by atoms with Gasteiger partial charge in [0.05, 0.1) is 5.52 Å². The molecule has 1 aromatic carbocycles. The van der Waals surface area contributed by atoms with Crippen molar-refractivity contribution in [3.63, 3.8) is 0 Å². The summed E-state index contributed by atoms with van der Waals surface area (Å²) in [5.41, 5.74) is 6.55. The van der Waals surface area contributed by atoms with E-state index in [1.807, 2.05) is 36.4 Å². The molecule has 2 rings (SSSR count). The van der Waals surface area contributed by atoms with Gasteiger partial charge in [0.25, 0.3) is 5.91 Å². The molecule has 3 N–H and O–H groups in total. The largest absolute Gasteiger partial charge is 0.347 e. The van der Waals surface area contributed by atoms with Gasteiger partial charge in [-0.1, -0.05) is 36.4 Å². The fourth-order valence-electron chi connectivity index (χ4n) is 1.61. The lowest BCUT2D eigenvalue weighted by molar-refractivity contribution is 0.0953. The van der Waals surface area contributed by atoms with Crippen LogP contribution in [0.2, 0.25) is 0 Å². The molecule has 18 heavy (non-hydrogen) atoms. The molecular formula is C14H15N3O. The number of hydrogen-bond acceptors (Lipinski definition) is 3. The smallest absolute Gasteiger partial charge is 0.270 e. The molecule has 0 aliphatic carbocycles. The quantitative estimate of drug-likeness (QED) is 0.797. The zero-order valence-electron chi connectivity index (χ0n) is 9.97. The van der Waals surface area contributed by atoms with Crippen molar-refractivity contribution in [3.8, 4) is 0 Å². The maximum absolute atomic E-state index is 11.8. The first kappa shape index (κ1) is 12.3. The number of para-hydroxylation sites is 1. The van der Waals surface area contributed by atoms with Crippen LogP contribution in [0.1, 0.15) is 10.5 Å². The van der Waals surface area contributed by atoms with Crippen molar-refractivity contribution in [3.05, 3.63) is 54.2 Å². The van der Waals surface area contributed by atoms with Gasteiger partial charge in [0.15, 0.2) is 0 Å². The Balaban J connectivity index is 2.10. The van der Waals surface area contributed by atoms with Gasteiger partial charge >= 0.3 is 0 Å². The minimum Gasteiger partial charge on any atom is -0.347 e. The van der Waals surface area contributed by atoms with Crippen LogP contribution in [-0.2, 0) is 0 Å². The molecule has 0 radical (unpaired) electrons. The van der Waals surface area contributed by atoms with Gasteiger partial charge in [0, 0.05) is 18.5 Å². The Morgan fingerprint density at radius 1 is 1.22 bits per heavy atom. The minimum atomic E-state index is -0.178. The fraction of sp³-hybridized carbons (Fsp3) is 0.143. The molecule has 0 fully saturated rings. The number of pyridine rings is 1. The molecule has 0 saturated heterocycles. The Hall–Kier alpha value is -2.20. The van der Waals surface area contributed by atoms with Crippen LogP contribution in [0.3, 0.4) is 0 Å². The first-order chi connectivity index (χ1) is 8.81. The van der Waals surface area contributed by atoms with Gasteiger partial charge in [0.1, 0.15) is 5.69 Å². The van der Waals surface area contributed by atoms with Gasteiger partial charge in [-0.05, 0) is 12.1 Å². The van der Waals surface area contributed by atoms with E-state index in [9.17, 15) is 4.79 Å². The number of nitrogens with two attached hydrogens (primary N) is 1. The van der Waals surface area contributed by atoms with E-state index in [0.717, 1.165) is 10.9 Å². The summed E-state index contributed by atoms with van der Waals surface area (Å²) in [6.07, 6.45) is 3.62. The molecule has 4 nitrogen and oxygen atoms in total. The fourth-order valence-corrected chi connectivity index (χ4v) is 1.61. The lowest BCUT2D eigenvalue weighted by atomic mass is 10.2. The molecule has 1 heterocycles. The Morgan fingerprint density at radius 2 is 2.06 bits per heavy atom. The molecule has 4 heteroatoms. The van der Waals surface area contributed by atoms with Gasteiger partial charge in [-0.3, -0.25) is 4.79 Å². The van der Waals surface area contributed by atoms with E-state index in [4.69, 9.17) is 5.73 Å². The summed E-state index contributed by atoms with van der Waals surface area (Å²) in [6.45, 7) is 0.939. The molecule has 92 valence electrons. The van der Waals surface area contributed by atoms with Crippen LogP contribution in [0.25, 0.3) is 10.9 Å². The zero-order valence-corrected chi connectivity index (χ0v) is 9.97. The second-order valence-corrected chi connectivity index (χ2v) is 3.81. The number of hydrogen-bond donors (Lipinski definition) is 2. The molecule has 2 aromatic rings. The molecular weight excluding hydrogens is 226 g/mol. The van der Waals surface area contributed by atoms with Crippen LogP contribution in [0.4, 0.5) is 0 Å². The number of carbonyl (C=O) groups excluding carboxylic acids is 1. The van der Waals surface area contributed by atoms with Crippen molar-refractivity contribution in [2.45, 2.75) is 0 Å². The van der Waals surface area contributed by atoms with Crippen LogP contribution < -0.4 is 11.1 Å². The molecule has 0 aliphatic rings. The summed E-state index contributed by atoms with van der Waals surface area (Å²) in [6, 6.07) is 11.3. The topological polar surface area (TPSA) is 68.0 Å². The molecule has 1 amide bonds. The monoisotopic (exact) mass is 241 g/mol. The average molecular weight is 241 g/mol. The van der Waals surface area contributed by atoms with E-state index >= 15 is 0 Å². The molecule has 0 bridgehead atoms. The van der Waals surface area contributed by atoms with Crippen molar-refractivity contribution >= 4 is 16.8 Å². The second-order valence-electron chi connectivity index (χ2n) is 3.81. The number of carbonyl (C=O) groups is 1. The van der Waals surface area contributed by atoms with E-state index in [1.54, 1.807) is 12.1 Å². The Kier molecular flexibility index (Phi) is 4.04. The highest BCUT2D eigenvalue weighted by molar-refractivity contribution is 5.94. The number of rotatable bonds is 4. The van der Waals surface area contributed by atoms with E-state index in [1.165, 1.54) is 0 Å². The molecule has 0 saturated carbocycles. The highest BCUT2D eigenvalue weighted by atomic mass is 16.1. The molecule has 0 unspecified atom stereocenters.